The summed E-state index contributed by atoms with van der Waals surface area (Å²) in [7, 11) is 0. The van der Waals surface area contributed by atoms with Crippen molar-refractivity contribution in [2.75, 3.05) is 13.1 Å². The number of hydrogen-bond donors (Lipinski definition) is 1. The molecule has 102 valence electrons. The predicted octanol–water partition coefficient (Wildman–Crippen LogP) is 2.55. The molecule has 19 heavy (non-hydrogen) atoms. The molecule has 4 nitrogen and oxygen atoms in total. The molecule has 1 aliphatic heterocycles. The largest absolute Gasteiger partial charge is 0.315 e. The van der Waals surface area contributed by atoms with E-state index in [9.17, 15) is 0 Å². The van der Waals surface area contributed by atoms with Gasteiger partial charge in [-0.15, -0.1) is 0 Å². The zero-order chi connectivity index (χ0) is 13.5. The van der Waals surface area contributed by atoms with Crippen molar-refractivity contribution in [3.05, 3.63) is 24.2 Å². The Labute approximate surface area is 114 Å². The monoisotopic (exact) mass is 258 g/mol. The second-order valence-corrected chi connectivity index (χ2v) is 6.63. The number of hydrogen-bond acceptors (Lipinski definition) is 3. The highest BCUT2D eigenvalue weighted by atomic mass is 15.2. The van der Waals surface area contributed by atoms with Gasteiger partial charge >= 0.3 is 0 Å². The van der Waals surface area contributed by atoms with Gasteiger partial charge in [-0.25, -0.2) is 9.97 Å². The topological polar surface area (TPSA) is 42.7 Å². The first-order valence-electron chi connectivity index (χ1n) is 7.07. The van der Waals surface area contributed by atoms with Crippen LogP contribution in [0.25, 0.3) is 11.2 Å². The zero-order valence-electron chi connectivity index (χ0n) is 12.0. The van der Waals surface area contributed by atoms with Crippen molar-refractivity contribution in [3.8, 4) is 0 Å². The van der Waals surface area contributed by atoms with E-state index in [0.29, 0.717) is 6.04 Å². The molecule has 0 aliphatic carbocycles. The van der Waals surface area contributed by atoms with Crippen LogP contribution in [0.3, 0.4) is 0 Å². The Morgan fingerprint density at radius 3 is 2.95 bits per heavy atom. The summed E-state index contributed by atoms with van der Waals surface area (Å²) in [5, 5.41) is 3.44. The summed E-state index contributed by atoms with van der Waals surface area (Å²) in [6.07, 6.45) is 4.02. The molecule has 1 saturated heterocycles. The fourth-order valence-electron chi connectivity index (χ4n) is 2.82. The molecule has 0 aromatic carbocycles. The number of nitrogens with one attached hydrogen (secondary N) is 1. The molecule has 1 atom stereocenters. The number of aromatic nitrogens is 3. The first-order valence-corrected chi connectivity index (χ1v) is 7.07. The molecular formula is C15H22N4. The third-order valence-electron chi connectivity index (χ3n) is 3.61. The van der Waals surface area contributed by atoms with Crippen molar-refractivity contribution in [2.24, 2.45) is 5.41 Å². The van der Waals surface area contributed by atoms with Crippen LogP contribution in [0.4, 0.5) is 0 Å². The summed E-state index contributed by atoms with van der Waals surface area (Å²) in [6, 6.07) is 4.53. The van der Waals surface area contributed by atoms with Crippen molar-refractivity contribution >= 4 is 11.2 Å². The van der Waals surface area contributed by atoms with E-state index < -0.39 is 0 Å². The van der Waals surface area contributed by atoms with Gasteiger partial charge in [0.2, 0.25) is 0 Å². The highest BCUT2D eigenvalue weighted by Crippen LogP contribution is 2.28. The Balaban J connectivity index is 2.11. The number of rotatable bonds is 2. The van der Waals surface area contributed by atoms with Crippen LogP contribution in [-0.4, -0.2) is 27.6 Å². The molecule has 3 rings (SSSR count). The Hall–Kier alpha value is -1.42. The third-order valence-corrected chi connectivity index (χ3v) is 3.61. The molecule has 1 fully saturated rings. The SMILES string of the molecule is CC(C)(C)Cc1nc2cccnc2n1C1CCNC1. The lowest BCUT2D eigenvalue weighted by atomic mass is 9.92. The minimum absolute atomic E-state index is 0.241. The molecule has 2 aromatic rings. The Morgan fingerprint density at radius 2 is 2.26 bits per heavy atom. The predicted molar refractivity (Wildman–Crippen MR) is 77.2 cm³/mol. The second-order valence-electron chi connectivity index (χ2n) is 6.63. The van der Waals surface area contributed by atoms with Crippen LogP contribution in [0.2, 0.25) is 0 Å². The van der Waals surface area contributed by atoms with E-state index in [4.69, 9.17) is 4.98 Å². The van der Waals surface area contributed by atoms with Crippen LogP contribution in [0.1, 0.15) is 39.1 Å². The number of imidazole rings is 1. The first-order chi connectivity index (χ1) is 9.04. The normalized spacial score (nSPS) is 20.3. The van der Waals surface area contributed by atoms with Gasteiger partial charge in [-0.05, 0) is 30.5 Å². The summed E-state index contributed by atoms with van der Waals surface area (Å²) >= 11 is 0. The maximum Gasteiger partial charge on any atom is 0.160 e. The van der Waals surface area contributed by atoms with Crippen LogP contribution >= 0.6 is 0 Å². The van der Waals surface area contributed by atoms with Gasteiger partial charge < -0.3 is 9.88 Å². The Kier molecular flexibility index (Phi) is 3.05. The van der Waals surface area contributed by atoms with Crippen molar-refractivity contribution in [1.82, 2.24) is 19.9 Å². The van der Waals surface area contributed by atoms with Crippen molar-refractivity contribution in [3.63, 3.8) is 0 Å². The lowest BCUT2D eigenvalue weighted by Crippen LogP contribution is -2.19. The van der Waals surface area contributed by atoms with Crippen molar-refractivity contribution in [1.29, 1.82) is 0 Å². The van der Waals surface area contributed by atoms with Crippen LogP contribution in [-0.2, 0) is 6.42 Å². The molecule has 0 amide bonds. The average Bonchev–Trinajstić information content (AvgIpc) is 2.92. The quantitative estimate of drug-likeness (QED) is 0.900. The van der Waals surface area contributed by atoms with E-state index in [1.807, 2.05) is 12.3 Å². The van der Waals surface area contributed by atoms with Gasteiger partial charge in [0, 0.05) is 19.2 Å². The summed E-state index contributed by atoms with van der Waals surface area (Å²) in [5.74, 6) is 1.18. The summed E-state index contributed by atoms with van der Waals surface area (Å²) in [5.41, 5.74) is 2.30. The van der Waals surface area contributed by atoms with Crippen molar-refractivity contribution < 1.29 is 0 Å². The van der Waals surface area contributed by atoms with Gasteiger partial charge in [0.05, 0.1) is 6.04 Å². The summed E-state index contributed by atoms with van der Waals surface area (Å²) in [4.78, 5) is 9.36. The van der Waals surface area contributed by atoms with E-state index in [1.165, 1.54) is 12.2 Å². The molecule has 1 aliphatic rings. The number of nitrogens with zero attached hydrogens (tertiary/aromatic N) is 3. The van der Waals surface area contributed by atoms with Gasteiger partial charge in [0.15, 0.2) is 5.65 Å². The Morgan fingerprint density at radius 1 is 1.42 bits per heavy atom. The van der Waals surface area contributed by atoms with Gasteiger partial charge in [0.25, 0.3) is 0 Å². The van der Waals surface area contributed by atoms with E-state index in [0.717, 1.165) is 30.7 Å². The van der Waals surface area contributed by atoms with E-state index in [1.54, 1.807) is 0 Å². The number of pyridine rings is 1. The third kappa shape index (κ3) is 2.50. The molecule has 2 aromatic heterocycles. The molecular weight excluding hydrogens is 236 g/mol. The highest BCUT2D eigenvalue weighted by molar-refractivity contribution is 5.71. The summed E-state index contributed by atoms with van der Waals surface area (Å²) < 4.78 is 2.36. The Bertz CT molecular complexity index is 573. The van der Waals surface area contributed by atoms with Crippen molar-refractivity contribution in [2.45, 2.75) is 39.7 Å². The van der Waals surface area contributed by atoms with Gasteiger partial charge in [0.1, 0.15) is 11.3 Å². The fraction of sp³-hybridized carbons (Fsp3) is 0.600. The maximum absolute atomic E-state index is 4.82. The smallest absolute Gasteiger partial charge is 0.160 e. The van der Waals surface area contributed by atoms with E-state index in [-0.39, 0.29) is 5.41 Å². The van der Waals surface area contributed by atoms with Gasteiger partial charge in [-0.1, -0.05) is 20.8 Å². The maximum atomic E-state index is 4.82. The second kappa shape index (κ2) is 4.60. The molecule has 1 unspecified atom stereocenters. The number of fused-ring (bicyclic) bond motifs is 1. The zero-order valence-corrected chi connectivity index (χ0v) is 12.0. The van der Waals surface area contributed by atoms with Gasteiger partial charge in [-0.2, -0.15) is 0 Å². The molecule has 0 spiro atoms. The minimum atomic E-state index is 0.241. The minimum Gasteiger partial charge on any atom is -0.315 e. The highest BCUT2D eigenvalue weighted by Gasteiger charge is 2.25. The van der Waals surface area contributed by atoms with Gasteiger partial charge in [-0.3, -0.25) is 0 Å². The lowest BCUT2D eigenvalue weighted by Gasteiger charge is -2.21. The molecule has 0 saturated carbocycles. The molecule has 3 heterocycles. The molecule has 1 N–H and O–H groups in total. The van der Waals surface area contributed by atoms with E-state index in [2.05, 4.69) is 41.7 Å². The van der Waals surface area contributed by atoms with Crippen LogP contribution < -0.4 is 5.32 Å². The van der Waals surface area contributed by atoms with Crippen LogP contribution in [0.5, 0.6) is 0 Å². The van der Waals surface area contributed by atoms with E-state index >= 15 is 0 Å². The molecule has 0 bridgehead atoms. The molecule has 0 radical (unpaired) electrons. The standard InChI is InChI=1S/C15H22N4/c1-15(2,3)9-13-18-12-5-4-7-17-14(12)19(13)11-6-8-16-10-11/h4-5,7,11,16H,6,8-10H2,1-3H3. The average molecular weight is 258 g/mol. The molecule has 4 heteroatoms. The first kappa shape index (κ1) is 12.6. The summed E-state index contributed by atoms with van der Waals surface area (Å²) in [6.45, 7) is 8.90. The lowest BCUT2D eigenvalue weighted by molar-refractivity contribution is 0.384. The van der Waals surface area contributed by atoms with Crippen LogP contribution in [0.15, 0.2) is 18.3 Å². The van der Waals surface area contributed by atoms with Crippen LogP contribution in [0, 0.1) is 5.41 Å². The fourth-order valence-corrected chi connectivity index (χ4v) is 2.82.